The van der Waals surface area contributed by atoms with Gasteiger partial charge < -0.3 is 20.5 Å². The van der Waals surface area contributed by atoms with Gasteiger partial charge in [-0.05, 0) is 61.6 Å². The molecule has 3 N–H and O–H groups in total. The van der Waals surface area contributed by atoms with Crippen molar-refractivity contribution in [2.24, 2.45) is 11.7 Å². The summed E-state index contributed by atoms with van der Waals surface area (Å²) >= 11 is 0. The summed E-state index contributed by atoms with van der Waals surface area (Å²) < 4.78 is 25.1. The summed E-state index contributed by atoms with van der Waals surface area (Å²) in [6.07, 6.45) is 4.70. The Morgan fingerprint density at radius 1 is 1.30 bits per heavy atom. The Bertz CT molecular complexity index is 762. The summed E-state index contributed by atoms with van der Waals surface area (Å²) in [4.78, 5) is 14.9. The molecular formula is C20H24FN3O3. The molecule has 6 nitrogen and oxygen atoms in total. The van der Waals surface area contributed by atoms with Crippen molar-refractivity contribution in [2.45, 2.75) is 25.8 Å². The third-order valence-electron chi connectivity index (χ3n) is 4.61. The van der Waals surface area contributed by atoms with Crippen LogP contribution in [0.4, 0.5) is 4.39 Å². The van der Waals surface area contributed by atoms with Crippen LogP contribution in [0.2, 0.25) is 0 Å². The van der Waals surface area contributed by atoms with E-state index in [1.807, 2.05) is 6.07 Å². The summed E-state index contributed by atoms with van der Waals surface area (Å²) in [5, 5.41) is 3.36. The molecule has 0 unspecified atom stereocenters. The number of nitrogens with one attached hydrogen (secondary N) is 1. The molecule has 1 aromatic heterocycles. The predicted octanol–water partition coefficient (Wildman–Crippen LogP) is 3.02. The van der Waals surface area contributed by atoms with E-state index in [2.05, 4.69) is 10.3 Å². The minimum absolute atomic E-state index is 0.106. The molecule has 2 heterocycles. The van der Waals surface area contributed by atoms with E-state index < -0.39 is 11.7 Å². The van der Waals surface area contributed by atoms with E-state index in [1.165, 1.54) is 24.4 Å². The van der Waals surface area contributed by atoms with Crippen LogP contribution >= 0.6 is 0 Å². The number of hydrogen-bond donors (Lipinski definition) is 2. The smallest absolute Gasteiger partial charge is 0.267 e. The van der Waals surface area contributed by atoms with Gasteiger partial charge >= 0.3 is 0 Å². The summed E-state index contributed by atoms with van der Waals surface area (Å²) in [6.45, 7) is 3.23. The second-order valence-electron chi connectivity index (χ2n) is 6.63. The van der Waals surface area contributed by atoms with Crippen LogP contribution in [-0.2, 0) is 11.3 Å². The van der Waals surface area contributed by atoms with E-state index in [-0.39, 0.29) is 11.4 Å². The lowest BCUT2D eigenvalue weighted by Gasteiger charge is -2.21. The molecule has 0 aliphatic carbocycles. The Morgan fingerprint density at radius 3 is 2.78 bits per heavy atom. The summed E-state index contributed by atoms with van der Waals surface area (Å²) in [5.74, 6) is 0.0863. The van der Waals surface area contributed by atoms with Crippen LogP contribution < -0.4 is 15.8 Å². The van der Waals surface area contributed by atoms with Gasteiger partial charge in [-0.15, -0.1) is 0 Å². The van der Waals surface area contributed by atoms with Crippen LogP contribution in [0.3, 0.4) is 0 Å². The van der Waals surface area contributed by atoms with Gasteiger partial charge in [0.1, 0.15) is 11.4 Å². The second-order valence-corrected chi connectivity index (χ2v) is 6.63. The average molecular weight is 373 g/mol. The molecule has 0 atom stereocenters. The Hall–Kier alpha value is -2.51. The molecule has 7 heteroatoms. The van der Waals surface area contributed by atoms with Gasteiger partial charge in [0.05, 0.1) is 6.20 Å². The van der Waals surface area contributed by atoms with Crippen molar-refractivity contribution in [2.75, 3.05) is 19.8 Å². The Labute approximate surface area is 157 Å². The van der Waals surface area contributed by atoms with Crippen LogP contribution in [0.25, 0.3) is 0 Å². The fraction of sp³-hybridized carbons (Fsp3) is 0.400. The Balaban J connectivity index is 1.48. The molecule has 0 radical (unpaired) electrons. The van der Waals surface area contributed by atoms with E-state index >= 15 is 0 Å². The van der Waals surface area contributed by atoms with E-state index in [9.17, 15) is 9.18 Å². The highest BCUT2D eigenvalue weighted by molar-refractivity contribution is 5.90. The molecule has 1 aliphatic heterocycles. The fourth-order valence-corrected chi connectivity index (χ4v) is 3.02. The molecule has 1 aliphatic rings. The zero-order chi connectivity index (χ0) is 19.1. The number of carbonyl (C=O) groups is 1. The van der Waals surface area contributed by atoms with Gasteiger partial charge in [0.15, 0.2) is 11.6 Å². The highest BCUT2D eigenvalue weighted by atomic mass is 19.1. The normalized spacial score (nSPS) is 14.9. The molecule has 0 bridgehead atoms. The van der Waals surface area contributed by atoms with Crippen LogP contribution in [0, 0.1) is 11.7 Å². The summed E-state index contributed by atoms with van der Waals surface area (Å²) in [5.41, 5.74) is 6.12. The minimum atomic E-state index is -0.624. The SMILES string of the molecule is NC(=O)c1ccc(Oc2ccc(CNCCC3CCOCC3)cc2F)cn1. The maximum atomic E-state index is 14.3. The number of benzene rings is 1. The number of rotatable bonds is 8. The van der Waals surface area contributed by atoms with Gasteiger partial charge in [-0.1, -0.05) is 6.07 Å². The highest BCUT2D eigenvalue weighted by Gasteiger charge is 2.13. The van der Waals surface area contributed by atoms with Gasteiger partial charge in [0.2, 0.25) is 0 Å². The van der Waals surface area contributed by atoms with Gasteiger partial charge in [-0.25, -0.2) is 9.37 Å². The fourth-order valence-electron chi connectivity index (χ4n) is 3.02. The Kier molecular flexibility index (Phi) is 6.73. The third kappa shape index (κ3) is 5.74. The molecule has 1 amide bonds. The number of halogens is 1. The van der Waals surface area contributed by atoms with Crippen molar-refractivity contribution in [3.8, 4) is 11.5 Å². The monoisotopic (exact) mass is 373 g/mol. The zero-order valence-electron chi connectivity index (χ0n) is 15.1. The number of nitrogens with zero attached hydrogens (tertiary/aromatic N) is 1. The first-order valence-electron chi connectivity index (χ1n) is 9.12. The number of amides is 1. The molecule has 1 saturated heterocycles. The Morgan fingerprint density at radius 2 is 2.11 bits per heavy atom. The van der Waals surface area contributed by atoms with E-state index in [1.54, 1.807) is 6.07 Å². The predicted molar refractivity (Wildman–Crippen MR) is 99.1 cm³/mol. The molecule has 3 rings (SSSR count). The third-order valence-corrected chi connectivity index (χ3v) is 4.61. The molecule has 144 valence electrons. The lowest BCUT2D eigenvalue weighted by Crippen LogP contribution is -2.22. The van der Waals surface area contributed by atoms with Gasteiger partial charge in [0.25, 0.3) is 5.91 Å². The lowest BCUT2D eigenvalue weighted by atomic mass is 9.97. The molecule has 2 aromatic rings. The first-order chi connectivity index (χ1) is 13.1. The lowest BCUT2D eigenvalue weighted by molar-refractivity contribution is 0.0639. The van der Waals surface area contributed by atoms with Crippen molar-refractivity contribution in [1.29, 1.82) is 0 Å². The number of aromatic nitrogens is 1. The maximum Gasteiger partial charge on any atom is 0.267 e. The van der Waals surface area contributed by atoms with Crippen LogP contribution in [0.5, 0.6) is 11.5 Å². The van der Waals surface area contributed by atoms with Crippen LogP contribution in [-0.4, -0.2) is 30.6 Å². The first kappa shape index (κ1) is 19.3. The summed E-state index contributed by atoms with van der Waals surface area (Å²) in [7, 11) is 0. The number of carbonyl (C=O) groups excluding carboxylic acids is 1. The standard InChI is InChI=1S/C20H24FN3O3/c21-17-11-15(12-23-8-5-14-6-9-26-10-7-14)1-4-19(17)27-16-2-3-18(20(22)25)24-13-16/h1-4,11,13-14,23H,5-10,12H2,(H2,22,25). The van der Waals surface area contributed by atoms with E-state index in [4.69, 9.17) is 15.2 Å². The average Bonchev–Trinajstić information content (AvgIpc) is 2.68. The largest absolute Gasteiger partial charge is 0.453 e. The van der Waals surface area contributed by atoms with Crippen molar-refractivity contribution < 1.29 is 18.7 Å². The first-order valence-corrected chi connectivity index (χ1v) is 9.12. The quantitative estimate of drug-likeness (QED) is 0.695. The molecular weight excluding hydrogens is 349 g/mol. The second kappa shape index (κ2) is 9.43. The summed E-state index contributed by atoms with van der Waals surface area (Å²) in [6, 6.07) is 7.84. The zero-order valence-corrected chi connectivity index (χ0v) is 15.1. The maximum absolute atomic E-state index is 14.3. The number of ether oxygens (including phenoxy) is 2. The molecule has 0 spiro atoms. The van der Waals surface area contributed by atoms with Crippen LogP contribution in [0.15, 0.2) is 36.5 Å². The van der Waals surface area contributed by atoms with Crippen molar-refractivity contribution in [3.63, 3.8) is 0 Å². The van der Waals surface area contributed by atoms with Crippen molar-refractivity contribution >= 4 is 5.91 Å². The molecule has 27 heavy (non-hydrogen) atoms. The van der Waals surface area contributed by atoms with Crippen molar-refractivity contribution in [3.05, 3.63) is 53.6 Å². The molecule has 0 saturated carbocycles. The van der Waals surface area contributed by atoms with Gasteiger partial charge in [0, 0.05) is 19.8 Å². The van der Waals surface area contributed by atoms with Crippen molar-refractivity contribution in [1.82, 2.24) is 10.3 Å². The highest BCUT2D eigenvalue weighted by Crippen LogP contribution is 2.25. The van der Waals surface area contributed by atoms with Gasteiger partial charge in [-0.2, -0.15) is 0 Å². The van der Waals surface area contributed by atoms with Crippen LogP contribution in [0.1, 0.15) is 35.3 Å². The molecule has 1 aromatic carbocycles. The molecule has 1 fully saturated rings. The topological polar surface area (TPSA) is 86.5 Å². The number of primary amides is 1. The van der Waals surface area contributed by atoms with E-state index in [0.717, 1.165) is 44.6 Å². The number of hydrogen-bond acceptors (Lipinski definition) is 5. The number of nitrogens with two attached hydrogens (primary N) is 1. The van der Waals surface area contributed by atoms with Gasteiger partial charge in [-0.3, -0.25) is 4.79 Å². The van der Waals surface area contributed by atoms with E-state index in [0.29, 0.717) is 18.2 Å². The minimum Gasteiger partial charge on any atom is -0.453 e. The number of pyridine rings is 1.